The molecule has 0 saturated carbocycles. The number of hydrogen-bond acceptors (Lipinski definition) is 3. The zero-order valence-corrected chi connectivity index (χ0v) is 13.5. The van der Waals surface area contributed by atoms with Crippen molar-refractivity contribution < 1.29 is 4.74 Å². The molecule has 1 aliphatic rings. The van der Waals surface area contributed by atoms with Gasteiger partial charge in [0.2, 0.25) is 0 Å². The highest BCUT2D eigenvalue weighted by atomic mass is 79.9. The van der Waals surface area contributed by atoms with E-state index in [-0.39, 0.29) is 6.04 Å². The lowest BCUT2D eigenvalue weighted by Gasteiger charge is -2.37. The van der Waals surface area contributed by atoms with E-state index >= 15 is 0 Å². The van der Waals surface area contributed by atoms with Crippen LogP contribution in [0, 0.1) is 0 Å². The predicted molar refractivity (Wildman–Crippen MR) is 82.6 cm³/mol. The average Bonchev–Trinajstić information content (AvgIpc) is 2.44. The van der Waals surface area contributed by atoms with Crippen molar-refractivity contribution in [2.75, 3.05) is 26.8 Å². The third-order valence-corrected chi connectivity index (χ3v) is 4.64. The Labute approximate surface area is 128 Å². The normalized spacial score (nSPS) is 18.8. The van der Waals surface area contributed by atoms with Crippen molar-refractivity contribution >= 4 is 27.5 Å². The molecule has 0 spiro atoms. The molecule has 1 saturated heterocycles. The smallest absolute Gasteiger partial charge is 0.0485 e. The Bertz CT molecular complexity index is 424. The topological polar surface area (TPSA) is 38.5 Å². The molecule has 1 aromatic carbocycles. The summed E-state index contributed by atoms with van der Waals surface area (Å²) in [6.07, 6.45) is 2.11. The standard InChI is InChI=1S/C14H20BrClN2O/c1-18(11-4-6-19-7-5-11)14(9-17)12-8-10(15)2-3-13(12)16/h2-3,8,11,14H,4-7,9,17H2,1H3. The van der Waals surface area contributed by atoms with Gasteiger partial charge in [-0.3, -0.25) is 4.90 Å². The lowest BCUT2D eigenvalue weighted by atomic mass is 10.0. The number of nitrogens with two attached hydrogens (primary N) is 1. The van der Waals surface area contributed by atoms with Crippen LogP contribution in [0.1, 0.15) is 24.4 Å². The Hall–Kier alpha value is -0.130. The summed E-state index contributed by atoms with van der Waals surface area (Å²) >= 11 is 9.83. The zero-order chi connectivity index (χ0) is 13.8. The van der Waals surface area contributed by atoms with Crippen LogP contribution >= 0.6 is 27.5 Å². The Morgan fingerprint density at radius 2 is 2.16 bits per heavy atom. The van der Waals surface area contributed by atoms with Crippen LogP contribution < -0.4 is 5.73 Å². The first-order valence-corrected chi connectivity index (χ1v) is 7.75. The van der Waals surface area contributed by atoms with E-state index in [9.17, 15) is 0 Å². The van der Waals surface area contributed by atoms with E-state index < -0.39 is 0 Å². The van der Waals surface area contributed by atoms with E-state index in [0.717, 1.165) is 41.1 Å². The maximum absolute atomic E-state index is 6.32. The van der Waals surface area contributed by atoms with E-state index in [1.807, 2.05) is 12.1 Å². The average molecular weight is 348 g/mol. The summed E-state index contributed by atoms with van der Waals surface area (Å²) in [6, 6.07) is 6.59. The van der Waals surface area contributed by atoms with Gasteiger partial charge in [0, 0.05) is 41.3 Å². The van der Waals surface area contributed by atoms with Gasteiger partial charge in [-0.15, -0.1) is 0 Å². The molecule has 1 fully saturated rings. The van der Waals surface area contributed by atoms with Gasteiger partial charge in [-0.1, -0.05) is 27.5 Å². The van der Waals surface area contributed by atoms with Crippen molar-refractivity contribution in [1.29, 1.82) is 0 Å². The first-order chi connectivity index (χ1) is 9.13. The van der Waals surface area contributed by atoms with Gasteiger partial charge < -0.3 is 10.5 Å². The minimum Gasteiger partial charge on any atom is -0.381 e. The maximum Gasteiger partial charge on any atom is 0.0485 e. The molecule has 0 aromatic heterocycles. The number of benzene rings is 1. The molecule has 1 heterocycles. The van der Waals surface area contributed by atoms with Crippen LogP contribution in [-0.4, -0.2) is 37.7 Å². The molecule has 3 nitrogen and oxygen atoms in total. The van der Waals surface area contributed by atoms with Crippen molar-refractivity contribution in [1.82, 2.24) is 4.90 Å². The molecule has 0 bridgehead atoms. The maximum atomic E-state index is 6.32. The van der Waals surface area contributed by atoms with Gasteiger partial charge >= 0.3 is 0 Å². The fourth-order valence-electron chi connectivity index (χ4n) is 2.63. The monoisotopic (exact) mass is 346 g/mol. The molecule has 1 atom stereocenters. The first kappa shape index (κ1) is 15.3. The van der Waals surface area contributed by atoms with Crippen molar-refractivity contribution in [2.24, 2.45) is 5.73 Å². The Balaban J connectivity index is 2.20. The number of likely N-dealkylation sites (N-methyl/N-ethyl adjacent to an activating group) is 1. The lowest BCUT2D eigenvalue weighted by molar-refractivity contribution is 0.0294. The van der Waals surface area contributed by atoms with Gasteiger partial charge in [0.05, 0.1) is 0 Å². The van der Waals surface area contributed by atoms with Crippen molar-refractivity contribution in [3.63, 3.8) is 0 Å². The zero-order valence-electron chi connectivity index (χ0n) is 11.1. The number of halogens is 2. The summed E-state index contributed by atoms with van der Waals surface area (Å²) < 4.78 is 6.45. The highest BCUT2D eigenvalue weighted by Crippen LogP contribution is 2.31. The van der Waals surface area contributed by atoms with E-state index in [1.54, 1.807) is 0 Å². The minimum absolute atomic E-state index is 0.146. The van der Waals surface area contributed by atoms with Gasteiger partial charge in [0.25, 0.3) is 0 Å². The van der Waals surface area contributed by atoms with Crippen LogP contribution in [0.15, 0.2) is 22.7 Å². The molecule has 0 aliphatic carbocycles. The van der Waals surface area contributed by atoms with Crippen molar-refractivity contribution in [3.8, 4) is 0 Å². The molecule has 2 rings (SSSR count). The van der Waals surface area contributed by atoms with Crippen LogP contribution in [0.2, 0.25) is 5.02 Å². The SMILES string of the molecule is CN(C1CCOCC1)C(CN)c1cc(Br)ccc1Cl. The molecule has 1 unspecified atom stereocenters. The molecule has 1 aliphatic heterocycles. The summed E-state index contributed by atoms with van der Waals surface area (Å²) in [5, 5.41) is 0.776. The van der Waals surface area contributed by atoms with Gasteiger partial charge in [0.1, 0.15) is 0 Å². The van der Waals surface area contributed by atoms with Crippen LogP contribution in [0.3, 0.4) is 0 Å². The minimum atomic E-state index is 0.146. The molecule has 5 heteroatoms. The summed E-state index contributed by atoms with van der Waals surface area (Å²) in [4.78, 5) is 2.34. The summed E-state index contributed by atoms with van der Waals surface area (Å²) in [5.41, 5.74) is 7.07. The number of hydrogen-bond donors (Lipinski definition) is 1. The van der Waals surface area contributed by atoms with Gasteiger partial charge in [0.15, 0.2) is 0 Å². The molecule has 106 valence electrons. The van der Waals surface area contributed by atoms with E-state index in [0.29, 0.717) is 12.6 Å². The van der Waals surface area contributed by atoms with Gasteiger partial charge in [-0.05, 0) is 43.7 Å². The third kappa shape index (κ3) is 3.70. The second-order valence-electron chi connectivity index (χ2n) is 4.93. The van der Waals surface area contributed by atoms with Crippen LogP contribution in [0.5, 0.6) is 0 Å². The molecular weight excluding hydrogens is 328 g/mol. The lowest BCUT2D eigenvalue weighted by Crippen LogP contribution is -2.41. The third-order valence-electron chi connectivity index (χ3n) is 3.80. The number of rotatable bonds is 4. The fourth-order valence-corrected chi connectivity index (χ4v) is 3.25. The van der Waals surface area contributed by atoms with Crippen LogP contribution in [-0.2, 0) is 4.74 Å². The quantitative estimate of drug-likeness (QED) is 0.909. The molecular formula is C14H20BrClN2O. The van der Waals surface area contributed by atoms with E-state index in [4.69, 9.17) is 22.1 Å². The van der Waals surface area contributed by atoms with Crippen molar-refractivity contribution in [2.45, 2.75) is 24.9 Å². The van der Waals surface area contributed by atoms with E-state index in [2.05, 4.69) is 33.9 Å². The van der Waals surface area contributed by atoms with Gasteiger partial charge in [-0.2, -0.15) is 0 Å². The fraction of sp³-hybridized carbons (Fsp3) is 0.571. The second kappa shape index (κ2) is 7.04. The van der Waals surface area contributed by atoms with Crippen LogP contribution in [0.4, 0.5) is 0 Å². The molecule has 1 aromatic rings. The number of nitrogens with zero attached hydrogens (tertiary/aromatic N) is 1. The summed E-state index contributed by atoms with van der Waals surface area (Å²) in [6.45, 7) is 2.22. The van der Waals surface area contributed by atoms with Crippen molar-refractivity contribution in [3.05, 3.63) is 33.3 Å². The van der Waals surface area contributed by atoms with Gasteiger partial charge in [-0.25, -0.2) is 0 Å². The molecule has 0 amide bonds. The Kier molecular flexibility index (Phi) is 5.66. The molecule has 19 heavy (non-hydrogen) atoms. The summed E-state index contributed by atoms with van der Waals surface area (Å²) in [7, 11) is 2.13. The molecule has 0 radical (unpaired) electrons. The second-order valence-corrected chi connectivity index (χ2v) is 6.25. The highest BCUT2D eigenvalue weighted by molar-refractivity contribution is 9.10. The van der Waals surface area contributed by atoms with Crippen LogP contribution in [0.25, 0.3) is 0 Å². The Morgan fingerprint density at radius 3 is 2.79 bits per heavy atom. The summed E-state index contributed by atoms with van der Waals surface area (Å²) in [5.74, 6) is 0. The first-order valence-electron chi connectivity index (χ1n) is 6.58. The molecule has 2 N–H and O–H groups in total. The predicted octanol–water partition coefficient (Wildman–Crippen LogP) is 3.21. The Morgan fingerprint density at radius 1 is 1.47 bits per heavy atom. The number of ether oxygens (including phenoxy) is 1. The highest BCUT2D eigenvalue weighted by Gasteiger charge is 2.26. The largest absolute Gasteiger partial charge is 0.381 e. The van der Waals surface area contributed by atoms with E-state index in [1.165, 1.54) is 0 Å².